The third-order valence-corrected chi connectivity index (χ3v) is 4.80. The quantitative estimate of drug-likeness (QED) is 0.606. The first-order valence-corrected chi connectivity index (χ1v) is 9.28. The number of nitrogens with one attached hydrogen (secondary N) is 1. The van der Waals surface area contributed by atoms with Crippen LogP contribution in [0.1, 0.15) is 52.0 Å². The molecule has 2 aromatic rings. The molecule has 0 unspecified atom stereocenters. The third kappa shape index (κ3) is 4.95. The molecule has 140 valence electrons. The van der Waals surface area contributed by atoms with Crippen LogP contribution in [0.5, 0.6) is 0 Å². The summed E-state index contributed by atoms with van der Waals surface area (Å²) in [5, 5.41) is 3.38. The average Bonchev–Trinajstić information content (AvgIpc) is 3.19. The van der Waals surface area contributed by atoms with E-state index in [0.29, 0.717) is 10.6 Å². The summed E-state index contributed by atoms with van der Waals surface area (Å²) in [5.41, 5.74) is 0.769. The van der Waals surface area contributed by atoms with Crippen molar-refractivity contribution in [3.63, 3.8) is 0 Å². The molecule has 1 fully saturated rings. The van der Waals surface area contributed by atoms with Crippen molar-refractivity contribution >= 4 is 29.3 Å². The molecule has 0 heterocycles. The first kappa shape index (κ1) is 19.1. The molecule has 1 saturated carbocycles. The zero-order chi connectivity index (χ0) is 19.2. The standard InChI is InChI=1S/C21H20ClNO4/c22-15-11-9-14(10-12-15)20(25)17-7-3-4-8-18(17)21(26)27-13-19(24)23-16-5-1-2-6-16/h3-4,7-12,16H,1-2,5-6,13H2,(H,23,24). The van der Waals surface area contributed by atoms with Gasteiger partial charge < -0.3 is 10.1 Å². The molecule has 2 aromatic carbocycles. The topological polar surface area (TPSA) is 72.5 Å². The predicted molar refractivity (Wildman–Crippen MR) is 102 cm³/mol. The van der Waals surface area contributed by atoms with E-state index in [1.807, 2.05) is 0 Å². The van der Waals surface area contributed by atoms with Crippen molar-refractivity contribution in [1.29, 1.82) is 0 Å². The highest BCUT2D eigenvalue weighted by atomic mass is 35.5. The van der Waals surface area contributed by atoms with Crippen molar-refractivity contribution in [3.05, 3.63) is 70.2 Å². The molecule has 0 spiro atoms. The Morgan fingerprint density at radius 1 is 0.963 bits per heavy atom. The average molecular weight is 386 g/mol. The van der Waals surface area contributed by atoms with Crippen molar-refractivity contribution in [3.8, 4) is 0 Å². The SMILES string of the molecule is O=C(COC(=O)c1ccccc1C(=O)c1ccc(Cl)cc1)NC1CCCC1. The summed E-state index contributed by atoms with van der Waals surface area (Å²) in [6.45, 7) is -0.362. The van der Waals surface area contributed by atoms with Gasteiger partial charge in [0.25, 0.3) is 5.91 Å². The van der Waals surface area contributed by atoms with E-state index in [0.717, 1.165) is 25.7 Å². The highest BCUT2D eigenvalue weighted by molar-refractivity contribution is 6.30. The summed E-state index contributed by atoms with van der Waals surface area (Å²) in [5.74, 6) is -1.33. The van der Waals surface area contributed by atoms with Crippen LogP contribution in [-0.4, -0.2) is 30.3 Å². The van der Waals surface area contributed by atoms with Crippen molar-refractivity contribution < 1.29 is 19.1 Å². The van der Waals surface area contributed by atoms with Crippen LogP contribution >= 0.6 is 11.6 Å². The number of halogens is 1. The second-order valence-corrected chi connectivity index (χ2v) is 6.94. The molecule has 1 N–H and O–H groups in total. The maximum Gasteiger partial charge on any atom is 0.339 e. The number of rotatable bonds is 6. The Morgan fingerprint density at radius 2 is 1.59 bits per heavy atom. The van der Waals surface area contributed by atoms with Gasteiger partial charge in [-0.25, -0.2) is 4.79 Å². The molecule has 27 heavy (non-hydrogen) atoms. The smallest absolute Gasteiger partial charge is 0.339 e. The minimum atomic E-state index is -0.700. The van der Waals surface area contributed by atoms with Crippen LogP contribution in [0.2, 0.25) is 5.02 Å². The molecule has 0 atom stereocenters. The van der Waals surface area contributed by atoms with Crippen LogP contribution in [0.4, 0.5) is 0 Å². The Morgan fingerprint density at radius 3 is 2.26 bits per heavy atom. The Hall–Kier alpha value is -2.66. The second-order valence-electron chi connectivity index (χ2n) is 6.51. The van der Waals surface area contributed by atoms with Gasteiger partial charge in [0, 0.05) is 22.2 Å². The number of benzene rings is 2. The Balaban J connectivity index is 1.67. The van der Waals surface area contributed by atoms with Gasteiger partial charge in [-0.3, -0.25) is 9.59 Å². The largest absolute Gasteiger partial charge is 0.452 e. The van der Waals surface area contributed by atoms with Crippen LogP contribution < -0.4 is 5.32 Å². The second kappa shape index (κ2) is 8.82. The van der Waals surface area contributed by atoms with Gasteiger partial charge in [0.2, 0.25) is 0 Å². The van der Waals surface area contributed by atoms with Gasteiger partial charge in [-0.05, 0) is 43.2 Å². The van der Waals surface area contributed by atoms with Crippen LogP contribution in [0.3, 0.4) is 0 Å². The summed E-state index contributed by atoms with van der Waals surface area (Å²) in [7, 11) is 0. The number of ketones is 1. The minimum absolute atomic E-state index is 0.131. The molecule has 0 radical (unpaired) electrons. The molecule has 3 rings (SSSR count). The van der Waals surface area contributed by atoms with Crippen molar-refractivity contribution in [1.82, 2.24) is 5.32 Å². The van der Waals surface area contributed by atoms with Crippen molar-refractivity contribution in [2.75, 3.05) is 6.61 Å². The lowest BCUT2D eigenvalue weighted by Crippen LogP contribution is -2.36. The van der Waals surface area contributed by atoms with E-state index in [2.05, 4.69) is 5.32 Å². The highest BCUT2D eigenvalue weighted by Crippen LogP contribution is 2.19. The molecule has 0 aliphatic heterocycles. The van der Waals surface area contributed by atoms with Gasteiger partial charge in [0.1, 0.15) is 0 Å². The van der Waals surface area contributed by atoms with E-state index in [1.54, 1.807) is 42.5 Å². The monoisotopic (exact) mass is 385 g/mol. The molecule has 0 saturated heterocycles. The van der Waals surface area contributed by atoms with Gasteiger partial charge in [-0.2, -0.15) is 0 Å². The lowest BCUT2D eigenvalue weighted by molar-refractivity contribution is -0.124. The summed E-state index contributed by atoms with van der Waals surface area (Å²) in [6, 6.07) is 13.0. The zero-order valence-electron chi connectivity index (χ0n) is 14.7. The number of hydrogen-bond acceptors (Lipinski definition) is 4. The van der Waals surface area contributed by atoms with Crippen LogP contribution in [-0.2, 0) is 9.53 Å². The first-order valence-electron chi connectivity index (χ1n) is 8.90. The van der Waals surface area contributed by atoms with Gasteiger partial charge >= 0.3 is 5.97 Å². The number of amides is 1. The predicted octanol–water partition coefficient (Wildman–Crippen LogP) is 3.79. The molecular weight excluding hydrogens is 366 g/mol. The van der Waals surface area contributed by atoms with E-state index in [-0.39, 0.29) is 35.5 Å². The fourth-order valence-electron chi connectivity index (χ4n) is 3.16. The Kier molecular flexibility index (Phi) is 6.24. The van der Waals surface area contributed by atoms with E-state index >= 15 is 0 Å². The van der Waals surface area contributed by atoms with Gasteiger partial charge in [-0.1, -0.05) is 42.6 Å². The van der Waals surface area contributed by atoms with Crippen LogP contribution in [0, 0.1) is 0 Å². The lowest BCUT2D eigenvalue weighted by atomic mass is 9.98. The molecular formula is C21H20ClNO4. The fraction of sp³-hybridized carbons (Fsp3) is 0.286. The molecule has 1 aliphatic carbocycles. The van der Waals surface area contributed by atoms with E-state index < -0.39 is 5.97 Å². The minimum Gasteiger partial charge on any atom is -0.452 e. The number of ether oxygens (including phenoxy) is 1. The normalized spacial score (nSPS) is 14.0. The third-order valence-electron chi connectivity index (χ3n) is 4.55. The first-order chi connectivity index (χ1) is 13.0. The Bertz CT molecular complexity index is 842. The van der Waals surface area contributed by atoms with E-state index in [4.69, 9.17) is 16.3 Å². The number of carbonyl (C=O) groups excluding carboxylic acids is 3. The summed E-state index contributed by atoms with van der Waals surface area (Å²) in [6.07, 6.45) is 4.12. The number of hydrogen-bond donors (Lipinski definition) is 1. The maximum atomic E-state index is 12.7. The lowest BCUT2D eigenvalue weighted by Gasteiger charge is -2.13. The van der Waals surface area contributed by atoms with Gasteiger partial charge in [-0.15, -0.1) is 0 Å². The molecule has 0 aromatic heterocycles. The van der Waals surface area contributed by atoms with Gasteiger partial charge in [0.15, 0.2) is 12.4 Å². The van der Waals surface area contributed by atoms with Crippen molar-refractivity contribution in [2.45, 2.75) is 31.7 Å². The van der Waals surface area contributed by atoms with E-state index in [1.165, 1.54) is 6.07 Å². The fourth-order valence-corrected chi connectivity index (χ4v) is 3.29. The van der Waals surface area contributed by atoms with Crippen molar-refractivity contribution in [2.24, 2.45) is 0 Å². The van der Waals surface area contributed by atoms with E-state index in [9.17, 15) is 14.4 Å². The van der Waals surface area contributed by atoms with Crippen LogP contribution in [0.25, 0.3) is 0 Å². The summed E-state index contributed by atoms with van der Waals surface area (Å²) >= 11 is 5.85. The highest BCUT2D eigenvalue weighted by Gasteiger charge is 2.21. The Labute approximate surface area is 162 Å². The summed E-state index contributed by atoms with van der Waals surface area (Å²) in [4.78, 5) is 37.1. The molecule has 5 nitrogen and oxygen atoms in total. The molecule has 0 bridgehead atoms. The molecule has 1 amide bonds. The number of esters is 1. The van der Waals surface area contributed by atoms with Gasteiger partial charge in [0.05, 0.1) is 5.56 Å². The summed E-state index contributed by atoms with van der Waals surface area (Å²) < 4.78 is 5.12. The number of carbonyl (C=O) groups is 3. The maximum absolute atomic E-state index is 12.7. The molecule has 1 aliphatic rings. The zero-order valence-corrected chi connectivity index (χ0v) is 15.5. The van der Waals surface area contributed by atoms with Crippen LogP contribution in [0.15, 0.2) is 48.5 Å². The molecule has 6 heteroatoms.